The molecule has 0 saturated carbocycles. The quantitative estimate of drug-likeness (QED) is 0.677. The van der Waals surface area contributed by atoms with Crippen molar-refractivity contribution in [1.29, 1.82) is 0 Å². The van der Waals surface area contributed by atoms with Crippen LogP contribution in [0.5, 0.6) is 0 Å². The molecule has 13 heavy (non-hydrogen) atoms. The Labute approximate surface area is 78.2 Å². The summed E-state index contributed by atoms with van der Waals surface area (Å²) in [6.45, 7) is 3.02. The van der Waals surface area contributed by atoms with Gasteiger partial charge in [-0.2, -0.15) is 0 Å². The largest absolute Gasteiger partial charge is 0.444 e. The third kappa shape index (κ3) is 2.12. The molecular weight excluding hydrogens is 168 g/mol. The third-order valence-corrected chi connectivity index (χ3v) is 2.83. The van der Waals surface area contributed by atoms with Crippen LogP contribution in [0.4, 0.5) is 4.79 Å². The summed E-state index contributed by atoms with van der Waals surface area (Å²) in [5.41, 5.74) is 0. The zero-order valence-electron chi connectivity index (χ0n) is 7.95. The lowest BCUT2D eigenvalue weighted by atomic mass is 10.0. The van der Waals surface area contributed by atoms with E-state index in [9.17, 15) is 4.79 Å². The van der Waals surface area contributed by atoms with Crippen LogP contribution in [-0.4, -0.2) is 43.8 Å². The highest BCUT2D eigenvalue weighted by Crippen LogP contribution is 2.21. The molecule has 2 unspecified atom stereocenters. The molecule has 4 heteroatoms. The first-order valence-corrected chi connectivity index (χ1v) is 4.87. The van der Waals surface area contributed by atoms with Crippen LogP contribution in [0.1, 0.15) is 12.8 Å². The minimum Gasteiger partial charge on any atom is -0.444 e. The summed E-state index contributed by atoms with van der Waals surface area (Å²) >= 11 is 0. The number of nitrogens with zero attached hydrogens (tertiary/aromatic N) is 1. The molecule has 2 saturated heterocycles. The monoisotopic (exact) mass is 184 g/mol. The van der Waals surface area contributed by atoms with Crippen molar-refractivity contribution in [3.05, 3.63) is 0 Å². The average molecular weight is 184 g/mol. The lowest BCUT2D eigenvalue weighted by molar-refractivity contribution is 0.126. The highest BCUT2D eigenvalue weighted by molar-refractivity contribution is 5.69. The minimum absolute atomic E-state index is 0.115. The molecule has 2 rings (SSSR count). The van der Waals surface area contributed by atoms with E-state index in [2.05, 4.69) is 17.3 Å². The van der Waals surface area contributed by atoms with Gasteiger partial charge in [-0.15, -0.1) is 0 Å². The number of likely N-dealkylation sites (tertiary alicyclic amines) is 1. The lowest BCUT2D eigenvalue weighted by Crippen LogP contribution is -2.20. The number of cyclic esters (lactones) is 1. The van der Waals surface area contributed by atoms with Crippen LogP contribution in [0.2, 0.25) is 0 Å². The van der Waals surface area contributed by atoms with Crippen molar-refractivity contribution in [3.63, 3.8) is 0 Å². The van der Waals surface area contributed by atoms with Gasteiger partial charge in [0, 0.05) is 6.54 Å². The minimum atomic E-state index is -0.253. The summed E-state index contributed by atoms with van der Waals surface area (Å²) in [5.74, 6) is 0.711. The van der Waals surface area contributed by atoms with Gasteiger partial charge < -0.3 is 15.0 Å². The molecule has 2 fully saturated rings. The Hall–Kier alpha value is -0.770. The van der Waals surface area contributed by atoms with E-state index in [4.69, 9.17) is 4.74 Å². The predicted octanol–water partition coefficient (Wildman–Crippen LogP) is 0.437. The fourth-order valence-electron chi connectivity index (χ4n) is 2.15. The topological polar surface area (TPSA) is 41.6 Å². The molecular formula is C9H16N2O2. The zero-order valence-corrected chi connectivity index (χ0v) is 7.95. The lowest BCUT2D eigenvalue weighted by Gasteiger charge is -2.13. The van der Waals surface area contributed by atoms with E-state index in [1.165, 1.54) is 13.0 Å². The molecule has 2 heterocycles. The molecule has 2 aliphatic heterocycles. The van der Waals surface area contributed by atoms with Crippen LogP contribution in [0, 0.1) is 5.92 Å². The van der Waals surface area contributed by atoms with Gasteiger partial charge in [0.15, 0.2) is 0 Å². The van der Waals surface area contributed by atoms with E-state index in [0.717, 1.165) is 13.0 Å². The summed E-state index contributed by atoms with van der Waals surface area (Å²) < 4.78 is 5.09. The number of rotatable bonds is 2. The van der Waals surface area contributed by atoms with Crippen molar-refractivity contribution in [2.45, 2.75) is 18.9 Å². The van der Waals surface area contributed by atoms with Crippen LogP contribution in [0.15, 0.2) is 0 Å². The Bertz CT molecular complexity index is 208. The zero-order chi connectivity index (χ0) is 9.26. The Kier molecular flexibility index (Phi) is 2.40. The number of hydrogen-bond acceptors (Lipinski definition) is 3. The summed E-state index contributed by atoms with van der Waals surface area (Å²) in [6, 6.07) is 0. The first-order chi connectivity index (χ1) is 6.24. The maximum absolute atomic E-state index is 10.7. The number of alkyl carbamates (subject to hydrolysis) is 1. The van der Waals surface area contributed by atoms with Crippen LogP contribution in [0.3, 0.4) is 0 Å². The van der Waals surface area contributed by atoms with Gasteiger partial charge in [0.25, 0.3) is 0 Å². The van der Waals surface area contributed by atoms with Gasteiger partial charge in [0.2, 0.25) is 0 Å². The molecule has 0 radical (unpaired) electrons. The van der Waals surface area contributed by atoms with Crippen LogP contribution < -0.4 is 5.32 Å². The standard InChI is InChI=1S/C9H16N2O2/c1-11-3-2-7(6-11)4-8-5-10-9(12)13-8/h7-8H,2-6H2,1H3,(H,10,12). The Morgan fingerprint density at radius 3 is 3.08 bits per heavy atom. The second kappa shape index (κ2) is 3.54. The number of hydrogen-bond donors (Lipinski definition) is 1. The molecule has 0 aromatic carbocycles. The summed E-state index contributed by atoms with van der Waals surface area (Å²) in [4.78, 5) is 13.1. The second-order valence-corrected chi connectivity index (χ2v) is 4.06. The first kappa shape index (κ1) is 8.81. The number of ether oxygens (including phenoxy) is 1. The van der Waals surface area contributed by atoms with E-state index < -0.39 is 0 Å². The number of amides is 1. The highest BCUT2D eigenvalue weighted by Gasteiger charge is 2.28. The molecule has 0 bridgehead atoms. The normalized spacial score (nSPS) is 34.7. The fraction of sp³-hybridized carbons (Fsp3) is 0.889. The summed E-state index contributed by atoms with van der Waals surface area (Å²) in [5, 5.41) is 2.68. The van der Waals surface area contributed by atoms with Crippen molar-refractivity contribution in [2.24, 2.45) is 5.92 Å². The van der Waals surface area contributed by atoms with E-state index in [0.29, 0.717) is 12.5 Å². The van der Waals surface area contributed by atoms with Crippen molar-refractivity contribution < 1.29 is 9.53 Å². The average Bonchev–Trinajstić information content (AvgIpc) is 2.62. The van der Waals surface area contributed by atoms with Crippen LogP contribution in [0.25, 0.3) is 0 Å². The van der Waals surface area contributed by atoms with Crippen LogP contribution >= 0.6 is 0 Å². The molecule has 0 spiro atoms. The summed E-state index contributed by atoms with van der Waals surface area (Å²) in [6.07, 6.45) is 2.12. The molecule has 0 aromatic rings. The molecule has 2 aliphatic rings. The second-order valence-electron chi connectivity index (χ2n) is 4.06. The van der Waals surface area contributed by atoms with Gasteiger partial charge in [0.05, 0.1) is 6.54 Å². The third-order valence-electron chi connectivity index (χ3n) is 2.83. The number of nitrogens with one attached hydrogen (secondary N) is 1. The molecule has 0 aliphatic carbocycles. The van der Waals surface area contributed by atoms with Crippen LogP contribution in [-0.2, 0) is 4.74 Å². The Balaban J connectivity index is 1.75. The van der Waals surface area contributed by atoms with Gasteiger partial charge >= 0.3 is 6.09 Å². The van der Waals surface area contributed by atoms with E-state index >= 15 is 0 Å². The highest BCUT2D eigenvalue weighted by atomic mass is 16.6. The molecule has 4 nitrogen and oxygen atoms in total. The van der Waals surface area contributed by atoms with Gasteiger partial charge in [-0.1, -0.05) is 0 Å². The molecule has 0 aromatic heterocycles. The maximum Gasteiger partial charge on any atom is 0.407 e. The van der Waals surface area contributed by atoms with E-state index in [1.54, 1.807) is 0 Å². The van der Waals surface area contributed by atoms with Gasteiger partial charge in [0.1, 0.15) is 6.10 Å². The Morgan fingerprint density at radius 2 is 2.54 bits per heavy atom. The van der Waals surface area contributed by atoms with Crippen molar-refractivity contribution in [3.8, 4) is 0 Å². The maximum atomic E-state index is 10.7. The molecule has 1 amide bonds. The van der Waals surface area contributed by atoms with Crippen molar-refractivity contribution in [1.82, 2.24) is 10.2 Å². The smallest absolute Gasteiger partial charge is 0.407 e. The van der Waals surface area contributed by atoms with Crippen molar-refractivity contribution in [2.75, 3.05) is 26.7 Å². The molecule has 74 valence electrons. The van der Waals surface area contributed by atoms with Gasteiger partial charge in [-0.25, -0.2) is 4.79 Å². The fourth-order valence-corrected chi connectivity index (χ4v) is 2.15. The van der Waals surface area contributed by atoms with E-state index in [-0.39, 0.29) is 12.2 Å². The number of carbonyl (C=O) groups excluding carboxylic acids is 1. The van der Waals surface area contributed by atoms with Gasteiger partial charge in [-0.05, 0) is 32.4 Å². The van der Waals surface area contributed by atoms with E-state index in [1.807, 2.05) is 0 Å². The Morgan fingerprint density at radius 1 is 1.69 bits per heavy atom. The SMILES string of the molecule is CN1CCC(CC2CNC(=O)O2)C1. The van der Waals surface area contributed by atoms with Gasteiger partial charge in [-0.3, -0.25) is 0 Å². The predicted molar refractivity (Wildman–Crippen MR) is 48.5 cm³/mol. The molecule has 2 atom stereocenters. The first-order valence-electron chi connectivity index (χ1n) is 4.87. The van der Waals surface area contributed by atoms with Crippen molar-refractivity contribution >= 4 is 6.09 Å². The number of carbonyl (C=O) groups is 1. The molecule has 1 N–H and O–H groups in total. The summed E-state index contributed by atoms with van der Waals surface area (Å²) in [7, 11) is 2.14.